The minimum atomic E-state index is 0.702. The quantitative estimate of drug-likeness (QED) is 0.824. The fraction of sp³-hybridized carbons (Fsp3) is 0.368. The van der Waals surface area contributed by atoms with Crippen molar-refractivity contribution in [1.29, 1.82) is 0 Å². The highest BCUT2D eigenvalue weighted by molar-refractivity contribution is 5.62. The van der Waals surface area contributed by atoms with Crippen LogP contribution in [0, 0.1) is 0 Å². The summed E-state index contributed by atoms with van der Waals surface area (Å²) in [7, 11) is 0. The lowest BCUT2D eigenvalue weighted by molar-refractivity contribution is 0.340. The van der Waals surface area contributed by atoms with E-state index in [0.717, 1.165) is 11.4 Å². The van der Waals surface area contributed by atoms with E-state index in [-0.39, 0.29) is 0 Å². The summed E-state index contributed by atoms with van der Waals surface area (Å²) < 4.78 is 5.47. The molecule has 21 heavy (non-hydrogen) atoms. The molecule has 2 aromatic rings. The number of hydrogen-bond acceptors (Lipinski definition) is 2. The average Bonchev–Trinajstić information content (AvgIpc) is 2.50. The van der Waals surface area contributed by atoms with E-state index in [1.165, 1.54) is 36.1 Å². The molecular formula is C19H23NO. The van der Waals surface area contributed by atoms with Gasteiger partial charge >= 0.3 is 0 Å². The highest BCUT2D eigenvalue weighted by atomic mass is 16.5. The summed E-state index contributed by atoms with van der Waals surface area (Å²) >= 11 is 0. The second-order valence-electron chi connectivity index (χ2n) is 5.79. The number of nitrogens with one attached hydrogen (secondary N) is 1. The lowest BCUT2D eigenvalue weighted by Crippen LogP contribution is -2.07. The lowest BCUT2D eigenvalue weighted by atomic mass is 9.84. The van der Waals surface area contributed by atoms with Gasteiger partial charge < -0.3 is 10.1 Å². The molecule has 2 nitrogen and oxygen atoms in total. The molecule has 0 aromatic heterocycles. The number of fused-ring (bicyclic) bond motifs is 1. The van der Waals surface area contributed by atoms with Crippen molar-refractivity contribution in [1.82, 2.24) is 0 Å². The van der Waals surface area contributed by atoms with Gasteiger partial charge in [0.05, 0.1) is 6.61 Å². The molecule has 2 aromatic carbocycles. The first-order valence-corrected chi connectivity index (χ1v) is 7.89. The number of ether oxygens (including phenoxy) is 1. The second kappa shape index (κ2) is 6.21. The molecule has 1 N–H and O–H groups in total. The van der Waals surface area contributed by atoms with Crippen molar-refractivity contribution < 1.29 is 4.74 Å². The van der Waals surface area contributed by atoms with Crippen molar-refractivity contribution in [2.45, 2.75) is 39.0 Å². The van der Waals surface area contributed by atoms with Crippen LogP contribution in [0.25, 0.3) is 0 Å². The molecule has 1 aliphatic rings. The Hall–Kier alpha value is -1.96. The van der Waals surface area contributed by atoms with Crippen LogP contribution in [0.3, 0.4) is 0 Å². The van der Waals surface area contributed by atoms with Crippen LogP contribution in [0.1, 0.15) is 43.7 Å². The first-order valence-electron chi connectivity index (χ1n) is 7.89. The van der Waals surface area contributed by atoms with Crippen molar-refractivity contribution in [3.05, 3.63) is 53.6 Å². The van der Waals surface area contributed by atoms with Crippen LogP contribution in [0.5, 0.6) is 5.75 Å². The normalized spacial score (nSPS) is 17.1. The zero-order chi connectivity index (χ0) is 14.7. The number of rotatable bonds is 4. The number of hydrogen-bond donors (Lipinski definition) is 1. The van der Waals surface area contributed by atoms with E-state index < -0.39 is 0 Å². The van der Waals surface area contributed by atoms with Crippen LogP contribution in [0.2, 0.25) is 0 Å². The van der Waals surface area contributed by atoms with Crippen molar-refractivity contribution in [2.75, 3.05) is 11.9 Å². The summed E-state index contributed by atoms with van der Waals surface area (Å²) in [6.45, 7) is 5.04. The molecule has 0 saturated carbocycles. The third kappa shape index (κ3) is 3.21. The van der Waals surface area contributed by atoms with Crippen LogP contribution in [-0.4, -0.2) is 6.61 Å². The van der Waals surface area contributed by atoms with E-state index in [1.807, 2.05) is 19.1 Å². The fourth-order valence-corrected chi connectivity index (χ4v) is 3.10. The van der Waals surface area contributed by atoms with Crippen LogP contribution in [0.15, 0.2) is 42.5 Å². The van der Waals surface area contributed by atoms with E-state index in [1.54, 1.807) is 0 Å². The zero-order valence-electron chi connectivity index (χ0n) is 12.9. The molecule has 3 rings (SSSR count). The molecule has 2 heteroatoms. The minimum Gasteiger partial charge on any atom is -0.494 e. The molecule has 0 spiro atoms. The minimum absolute atomic E-state index is 0.702. The fourth-order valence-electron chi connectivity index (χ4n) is 3.10. The van der Waals surface area contributed by atoms with Gasteiger partial charge in [-0.25, -0.2) is 0 Å². The lowest BCUT2D eigenvalue weighted by Gasteiger charge is -2.23. The smallest absolute Gasteiger partial charge is 0.119 e. The Labute approximate surface area is 127 Å². The molecule has 0 aliphatic heterocycles. The van der Waals surface area contributed by atoms with Gasteiger partial charge in [0.2, 0.25) is 0 Å². The van der Waals surface area contributed by atoms with Gasteiger partial charge in [-0.05, 0) is 79.6 Å². The largest absolute Gasteiger partial charge is 0.494 e. The maximum absolute atomic E-state index is 5.47. The van der Waals surface area contributed by atoms with Crippen molar-refractivity contribution in [2.24, 2.45) is 0 Å². The Balaban J connectivity index is 1.75. The van der Waals surface area contributed by atoms with Gasteiger partial charge in [0.1, 0.15) is 5.75 Å². The van der Waals surface area contributed by atoms with Crippen LogP contribution in [0.4, 0.5) is 11.4 Å². The van der Waals surface area contributed by atoms with E-state index in [9.17, 15) is 0 Å². The molecule has 0 bridgehead atoms. The SMILES string of the molecule is CCOc1ccc(Nc2ccc3c(c2)CCC[C@H]3C)cc1. The second-order valence-corrected chi connectivity index (χ2v) is 5.79. The summed E-state index contributed by atoms with van der Waals surface area (Å²) in [6, 6.07) is 14.9. The van der Waals surface area contributed by atoms with Gasteiger partial charge in [0, 0.05) is 11.4 Å². The summed E-state index contributed by atoms with van der Waals surface area (Å²) in [5.74, 6) is 1.62. The van der Waals surface area contributed by atoms with Gasteiger partial charge in [0.15, 0.2) is 0 Å². The zero-order valence-corrected chi connectivity index (χ0v) is 12.9. The maximum Gasteiger partial charge on any atom is 0.119 e. The molecule has 0 saturated heterocycles. The van der Waals surface area contributed by atoms with E-state index >= 15 is 0 Å². The Morgan fingerprint density at radius 2 is 1.86 bits per heavy atom. The Morgan fingerprint density at radius 3 is 2.62 bits per heavy atom. The summed E-state index contributed by atoms with van der Waals surface area (Å²) in [5, 5.41) is 3.48. The van der Waals surface area contributed by atoms with Crippen LogP contribution < -0.4 is 10.1 Å². The Bertz CT molecular complexity index is 603. The van der Waals surface area contributed by atoms with Gasteiger partial charge in [-0.3, -0.25) is 0 Å². The summed E-state index contributed by atoms with van der Waals surface area (Å²) in [6.07, 6.45) is 3.83. The molecule has 0 heterocycles. The number of anilines is 2. The predicted octanol–water partition coefficient (Wildman–Crippen LogP) is 5.27. The topological polar surface area (TPSA) is 21.3 Å². The van der Waals surface area contributed by atoms with Crippen molar-refractivity contribution in [3.63, 3.8) is 0 Å². The monoisotopic (exact) mass is 281 g/mol. The molecule has 0 fully saturated rings. The predicted molar refractivity (Wildman–Crippen MR) is 88.7 cm³/mol. The third-order valence-electron chi connectivity index (χ3n) is 4.21. The molecular weight excluding hydrogens is 258 g/mol. The molecule has 0 amide bonds. The molecule has 0 unspecified atom stereocenters. The van der Waals surface area contributed by atoms with Crippen LogP contribution >= 0.6 is 0 Å². The number of aryl methyl sites for hydroxylation is 1. The van der Waals surface area contributed by atoms with Crippen molar-refractivity contribution >= 4 is 11.4 Å². The van der Waals surface area contributed by atoms with Gasteiger partial charge in [-0.15, -0.1) is 0 Å². The first kappa shape index (κ1) is 14.0. The van der Waals surface area contributed by atoms with E-state index in [4.69, 9.17) is 4.74 Å². The van der Waals surface area contributed by atoms with Gasteiger partial charge in [-0.1, -0.05) is 13.0 Å². The van der Waals surface area contributed by atoms with Gasteiger partial charge in [0.25, 0.3) is 0 Å². The highest BCUT2D eigenvalue weighted by Crippen LogP contribution is 2.33. The average molecular weight is 281 g/mol. The first-order chi connectivity index (χ1) is 10.3. The summed E-state index contributed by atoms with van der Waals surface area (Å²) in [5.41, 5.74) is 5.30. The van der Waals surface area contributed by atoms with Gasteiger partial charge in [-0.2, -0.15) is 0 Å². The Kier molecular flexibility index (Phi) is 4.14. The standard InChI is InChI=1S/C19H23NO/c1-3-21-18-10-7-16(8-11-18)20-17-9-12-19-14(2)5-4-6-15(19)13-17/h7-14,20H,3-6H2,1-2H3/t14-/m1/s1. The molecule has 110 valence electrons. The maximum atomic E-state index is 5.47. The third-order valence-corrected chi connectivity index (χ3v) is 4.21. The summed E-state index contributed by atoms with van der Waals surface area (Å²) in [4.78, 5) is 0. The Morgan fingerprint density at radius 1 is 1.10 bits per heavy atom. The van der Waals surface area contributed by atoms with E-state index in [2.05, 4.69) is 42.6 Å². The molecule has 0 radical (unpaired) electrons. The number of benzene rings is 2. The van der Waals surface area contributed by atoms with Crippen molar-refractivity contribution in [3.8, 4) is 5.75 Å². The molecule has 1 aliphatic carbocycles. The highest BCUT2D eigenvalue weighted by Gasteiger charge is 2.16. The molecule has 1 atom stereocenters. The van der Waals surface area contributed by atoms with Crippen LogP contribution in [-0.2, 0) is 6.42 Å². The van der Waals surface area contributed by atoms with E-state index in [0.29, 0.717) is 12.5 Å².